The summed E-state index contributed by atoms with van der Waals surface area (Å²) < 4.78 is 0. The van der Waals surface area contributed by atoms with Crippen LogP contribution in [-0.2, 0) is 11.3 Å². The smallest absolute Gasteiger partial charge is 0.274 e. The van der Waals surface area contributed by atoms with E-state index in [-0.39, 0.29) is 18.1 Å². The number of amides is 1. The Morgan fingerprint density at radius 1 is 1.47 bits per heavy atom. The van der Waals surface area contributed by atoms with Gasteiger partial charge in [0.2, 0.25) is 5.91 Å². The van der Waals surface area contributed by atoms with Crippen LogP contribution >= 0.6 is 0 Å². The summed E-state index contributed by atoms with van der Waals surface area (Å²) in [7, 11) is 1.61. The SMILES string of the molecule is CC(=O)N(C)Cc1ccccc1[N+](=O)[O-]. The van der Waals surface area contributed by atoms with Crippen LogP contribution in [-0.4, -0.2) is 22.8 Å². The minimum Gasteiger partial charge on any atom is -0.341 e. The molecule has 0 aromatic heterocycles. The maximum Gasteiger partial charge on any atom is 0.274 e. The highest BCUT2D eigenvalue weighted by atomic mass is 16.6. The van der Waals surface area contributed by atoms with Crippen LogP contribution in [0.15, 0.2) is 24.3 Å². The lowest BCUT2D eigenvalue weighted by Gasteiger charge is -2.14. The summed E-state index contributed by atoms with van der Waals surface area (Å²) >= 11 is 0. The van der Waals surface area contributed by atoms with E-state index in [1.807, 2.05) is 0 Å². The second-order valence-electron chi connectivity index (χ2n) is 3.26. The number of rotatable bonds is 3. The third-order valence-corrected chi connectivity index (χ3v) is 2.13. The van der Waals surface area contributed by atoms with Gasteiger partial charge in [0, 0.05) is 25.6 Å². The number of nitro benzene ring substituents is 1. The van der Waals surface area contributed by atoms with Crippen molar-refractivity contribution in [3.8, 4) is 0 Å². The van der Waals surface area contributed by atoms with E-state index in [4.69, 9.17) is 0 Å². The molecule has 0 aliphatic heterocycles. The first-order chi connectivity index (χ1) is 7.02. The maximum atomic E-state index is 11.0. The predicted molar refractivity (Wildman–Crippen MR) is 55.2 cm³/mol. The number of nitro groups is 1. The molecule has 0 aliphatic carbocycles. The summed E-state index contributed by atoms with van der Waals surface area (Å²) in [4.78, 5) is 22.7. The van der Waals surface area contributed by atoms with E-state index >= 15 is 0 Å². The summed E-state index contributed by atoms with van der Waals surface area (Å²) in [6.45, 7) is 1.68. The quantitative estimate of drug-likeness (QED) is 0.559. The van der Waals surface area contributed by atoms with Crippen LogP contribution in [0.2, 0.25) is 0 Å². The van der Waals surface area contributed by atoms with Gasteiger partial charge in [-0.2, -0.15) is 0 Å². The zero-order valence-electron chi connectivity index (χ0n) is 8.64. The van der Waals surface area contributed by atoms with Crippen molar-refractivity contribution in [2.75, 3.05) is 7.05 Å². The second kappa shape index (κ2) is 4.54. The van der Waals surface area contributed by atoms with Gasteiger partial charge in [0.25, 0.3) is 5.69 Å². The molecule has 0 saturated carbocycles. The van der Waals surface area contributed by atoms with Gasteiger partial charge in [-0.05, 0) is 0 Å². The molecule has 15 heavy (non-hydrogen) atoms. The highest BCUT2D eigenvalue weighted by Crippen LogP contribution is 2.18. The Bertz CT molecular complexity index is 390. The van der Waals surface area contributed by atoms with Crippen LogP contribution in [0.25, 0.3) is 0 Å². The summed E-state index contributed by atoms with van der Waals surface area (Å²) in [5.74, 6) is -0.117. The molecule has 0 spiro atoms. The molecule has 0 bridgehead atoms. The Labute approximate surface area is 87.5 Å². The lowest BCUT2D eigenvalue weighted by molar-refractivity contribution is -0.385. The van der Waals surface area contributed by atoms with Gasteiger partial charge in [0.15, 0.2) is 0 Å². The Hall–Kier alpha value is -1.91. The first-order valence-electron chi connectivity index (χ1n) is 4.46. The van der Waals surface area contributed by atoms with E-state index in [0.29, 0.717) is 5.56 Å². The average Bonchev–Trinajstić information content (AvgIpc) is 2.18. The molecule has 0 aliphatic rings. The number of hydrogen-bond donors (Lipinski definition) is 0. The number of nitrogens with zero attached hydrogens (tertiary/aromatic N) is 2. The van der Waals surface area contributed by atoms with Crippen LogP contribution in [0.4, 0.5) is 5.69 Å². The topological polar surface area (TPSA) is 63.5 Å². The first kappa shape index (κ1) is 11.2. The van der Waals surface area contributed by atoms with Crippen molar-refractivity contribution < 1.29 is 9.72 Å². The lowest BCUT2D eigenvalue weighted by atomic mass is 10.1. The second-order valence-corrected chi connectivity index (χ2v) is 3.26. The first-order valence-corrected chi connectivity index (χ1v) is 4.46. The number of hydrogen-bond acceptors (Lipinski definition) is 3. The fraction of sp³-hybridized carbons (Fsp3) is 0.300. The highest BCUT2D eigenvalue weighted by Gasteiger charge is 2.14. The van der Waals surface area contributed by atoms with E-state index < -0.39 is 4.92 Å². The maximum absolute atomic E-state index is 11.0. The molecule has 0 N–H and O–H groups in total. The third kappa shape index (κ3) is 2.77. The fourth-order valence-corrected chi connectivity index (χ4v) is 1.19. The largest absolute Gasteiger partial charge is 0.341 e. The molecule has 1 amide bonds. The molecule has 0 radical (unpaired) electrons. The summed E-state index contributed by atoms with van der Waals surface area (Å²) in [5.41, 5.74) is 0.589. The van der Waals surface area contributed by atoms with E-state index in [9.17, 15) is 14.9 Å². The summed E-state index contributed by atoms with van der Waals surface area (Å²) in [6.07, 6.45) is 0. The number of carbonyl (C=O) groups excluding carboxylic acids is 1. The third-order valence-electron chi connectivity index (χ3n) is 2.13. The monoisotopic (exact) mass is 208 g/mol. The molecule has 80 valence electrons. The van der Waals surface area contributed by atoms with Crippen LogP contribution in [0.1, 0.15) is 12.5 Å². The molecule has 0 saturated heterocycles. The van der Waals surface area contributed by atoms with Crippen molar-refractivity contribution in [1.29, 1.82) is 0 Å². The van der Waals surface area contributed by atoms with Gasteiger partial charge < -0.3 is 4.90 Å². The molecule has 1 aromatic carbocycles. The summed E-state index contributed by atoms with van der Waals surface area (Å²) in [6, 6.07) is 6.41. The molecule has 0 fully saturated rings. The van der Waals surface area contributed by atoms with Crippen molar-refractivity contribution in [2.45, 2.75) is 13.5 Å². The van der Waals surface area contributed by atoms with E-state index in [2.05, 4.69) is 0 Å². The average molecular weight is 208 g/mol. The minimum absolute atomic E-state index is 0.0469. The molecular weight excluding hydrogens is 196 g/mol. The minimum atomic E-state index is -0.441. The van der Waals surface area contributed by atoms with Gasteiger partial charge in [-0.1, -0.05) is 18.2 Å². The van der Waals surface area contributed by atoms with Crippen molar-refractivity contribution in [3.05, 3.63) is 39.9 Å². The lowest BCUT2D eigenvalue weighted by Crippen LogP contribution is -2.23. The molecule has 1 aromatic rings. The van der Waals surface area contributed by atoms with Gasteiger partial charge in [0.05, 0.1) is 11.5 Å². The number of para-hydroxylation sites is 1. The standard InChI is InChI=1S/C10H12N2O3/c1-8(13)11(2)7-9-5-3-4-6-10(9)12(14)15/h3-6H,7H2,1-2H3. The van der Waals surface area contributed by atoms with E-state index in [1.165, 1.54) is 17.9 Å². The Morgan fingerprint density at radius 2 is 2.07 bits per heavy atom. The Morgan fingerprint density at radius 3 is 2.60 bits per heavy atom. The fourth-order valence-electron chi connectivity index (χ4n) is 1.19. The molecule has 0 unspecified atom stereocenters. The van der Waals surface area contributed by atoms with Gasteiger partial charge in [-0.25, -0.2) is 0 Å². The number of carbonyl (C=O) groups is 1. The van der Waals surface area contributed by atoms with Gasteiger partial charge in [-0.3, -0.25) is 14.9 Å². The molecule has 5 nitrogen and oxygen atoms in total. The molecule has 5 heteroatoms. The van der Waals surface area contributed by atoms with Crippen LogP contribution in [0.5, 0.6) is 0 Å². The van der Waals surface area contributed by atoms with E-state index in [0.717, 1.165) is 0 Å². The van der Waals surface area contributed by atoms with E-state index in [1.54, 1.807) is 25.2 Å². The van der Waals surface area contributed by atoms with Crippen molar-refractivity contribution in [2.24, 2.45) is 0 Å². The zero-order valence-corrected chi connectivity index (χ0v) is 8.64. The Kier molecular flexibility index (Phi) is 3.38. The molecule has 1 rings (SSSR count). The normalized spacial score (nSPS) is 9.73. The van der Waals surface area contributed by atoms with Crippen molar-refractivity contribution in [3.63, 3.8) is 0 Å². The van der Waals surface area contributed by atoms with Crippen molar-refractivity contribution in [1.82, 2.24) is 4.90 Å². The zero-order chi connectivity index (χ0) is 11.4. The summed E-state index contributed by atoms with van der Waals surface area (Å²) in [5, 5.41) is 10.7. The van der Waals surface area contributed by atoms with Crippen LogP contribution < -0.4 is 0 Å². The van der Waals surface area contributed by atoms with Gasteiger partial charge in [0.1, 0.15) is 0 Å². The molecule has 0 heterocycles. The molecule has 0 atom stereocenters. The Balaban J connectivity index is 2.94. The van der Waals surface area contributed by atoms with Crippen LogP contribution in [0.3, 0.4) is 0 Å². The van der Waals surface area contributed by atoms with Crippen LogP contribution in [0, 0.1) is 10.1 Å². The highest BCUT2D eigenvalue weighted by molar-refractivity contribution is 5.73. The van der Waals surface area contributed by atoms with Gasteiger partial charge in [-0.15, -0.1) is 0 Å². The molecular formula is C10H12N2O3. The predicted octanol–water partition coefficient (Wildman–Crippen LogP) is 1.57. The van der Waals surface area contributed by atoms with Gasteiger partial charge >= 0.3 is 0 Å². The number of benzene rings is 1. The van der Waals surface area contributed by atoms with Crippen molar-refractivity contribution >= 4 is 11.6 Å².